The van der Waals surface area contributed by atoms with Crippen molar-refractivity contribution in [3.8, 4) is 5.69 Å². The van der Waals surface area contributed by atoms with Crippen LogP contribution >= 0.6 is 0 Å². The van der Waals surface area contributed by atoms with Crippen LogP contribution in [0.15, 0.2) is 89.5 Å². The maximum Gasteiger partial charge on any atom is 0.280 e. The van der Waals surface area contributed by atoms with Crippen molar-refractivity contribution in [3.63, 3.8) is 0 Å². The van der Waals surface area contributed by atoms with Crippen LogP contribution in [0.1, 0.15) is 23.9 Å². The van der Waals surface area contributed by atoms with Gasteiger partial charge in [-0.2, -0.15) is 10.1 Å². The molecule has 152 valence electrons. The fraction of sp³-hybridized carbons (Fsp3) is 0.111. The molecule has 0 bridgehead atoms. The van der Waals surface area contributed by atoms with Gasteiger partial charge in [-0.15, -0.1) is 0 Å². The molecule has 4 nitrogen and oxygen atoms in total. The third kappa shape index (κ3) is 3.26. The van der Waals surface area contributed by atoms with Gasteiger partial charge in [0.2, 0.25) is 0 Å². The van der Waals surface area contributed by atoms with Crippen LogP contribution in [-0.4, -0.2) is 16.2 Å². The summed E-state index contributed by atoms with van der Waals surface area (Å²) in [4.78, 5) is 13.1. The number of rotatable bonds is 3. The fourth-order valence-corrected chi connectivity index (χ4v) is 4.23. The van der Waals surface area contributed by atoms with E-state index in [1.165, 1.54) is 15.8 Å². The highest BCUT2D eigenvalue weighted by Gasteiger charge is 2.29. The third-order valence-electron chi connectivity index (χ3n) is 5.82. The first-order chi connectivity index (χ1) is 15.0. The Labute approximate surface area is 181 Å². The molecule has 2 heterocycles. The Morgan fingerprint density at radius 3 is 2.26 bits per heavy atom. The molecule has 4 heteroatoms. The molecule has 31 heavy (non-hydrogen) atoms. The van der Waals surface area contributed by atoms with E-state index in [1.54, 1.807) is 0 Å². The van der Waals surface area contributed by atoms with E-state index >= 15 is 0 Å². The van der Waals surface area contributed by atoms with Crippen molar-refractivity contribution in [1.82, 2.24) is 4.57 Å². The molecule has 4 aromatic rings. The molecule has 1 aliphatic heterocycles. The number of amides is 1. The zero-order valence-corrected chi connectivity index (χ0v) is 17.8. The maximum absolute atomic E-state index is 13.1. The van der Waals surface area contributed by atoms with Gasteiger partial charge in [-0.3, -0.25) is 4.79 Å². The monoisotopic (exact) mass is 405 g/mol. The summed E-state index contributed by atoms with van der Waals surface area (Å²) in [7, 11) is 0. The number of hydrogen-bond acceptors (Lipinski definition) is 2. The average molecular weight is 406 g/mol. The number of anilines is 1. The molecule has 0 saturated carbocycles. The summed E-state index contributed by atoms with van der Waals surface area (Å²) >= 11 is 0. The first-order valence-corrected chi connectivity index (χ1v) is 10.4. The number of aryl methyl sites for hydroxylation is 1. The fourth-order valence-electron chi connectivity index (χ4n) is 4.23. The van der Waals surface area contributed by atoms with Crippen LogP contribution < -0.4 is 5.01 Å². The molecule has 0 spiro atoms. The molecule has 0 aliphatic carbocycles. The Morgan fingerprint density at radius 2 is 1.48 bits per heavy atom. The van der Waals surface area contributed by atoms with Gasteiger partial charge in [0.25, 0.3) is 5.91 Å². The molecular weight excluding hydrogens is 382 g/mol. The van der Waals surface area contributed by atoms with Crippen molar-refractivity contribution in [2.45, 2.75) is 20.8 Å². The molecule has 1 amide bonds. The van der Waals surface area contributed by atoms with Gasteiger partial charge in [-0.1, -0.05) is 48.5 Å². The van der Waals surface area contributed by atoms with Gasteiger partial charge in [-0.25, -0.2) is 0 Å². The van der Waals surface area contributed by atoms with Gasteiger partial charge in [-0.05, 0) is 73.5 Å². The van der Waals surface area contributed by atoms with E-state index in [0.717, 1.165) is 34.0 Å². The number of para-hydroxylation sites is 1. The summed E-state index contributed by atoms with van der Waals surface area (Å²) in [5.74, 6) is -0.0980. The lowest BCUT2D eigenvalue weighted by atomic mass is 10.1. The largest absolute Gasteiger partial charge is 0.318 e. The van der Waals surface area contributed by atoms with Crippen LogP contribution in [0.4, 0.5) is 5.69 Å². The predicted molar refractivity (Wildman–Crippen MR) is 128 cm³/mol. The lowest BCUT2D eigenvalue weighted by Gasteiger charge is -2.11. The Balaban J connectivity index is 1.54. The zero-order valence-electron chi connectivity index (χ0n) is 17.8. The van der Waals surface area contributed by atoms with Crippen molar-refractivity contribution in [1.29, 1.82) is 0 Å². The van der Waals surface area contributed by atoms with Crippen molar-refractivity contribution < 1.29 is 4.79 Å². The zero-order chi connectivity index (χ0) is 21.5. The second kappa shape index (κ2) is 7.40. The normalized spacial score (nSPS) is 15.2. The molecule has 5 rings (SSSR count). The van der Waals surface area contributed by atoms with Crippen LogP contribution in [0.25, 0.3) is 22.5 Å². The Hall–Kier alpha value is -3.92. The molecule has 0 radical (unpaired) electrons. The average Bonchev–Trinajstić information content (AvgIpc) is 3.23. The van der Waals surface area contributed by atoms with Crippen molar-refractivity contribution >= 4 is 34.2 Å². The molecule has 0 N–H and O–H groups in total. The summed E-state index contributed by atoms with van der Waals surface area (Å²) < 4.78 is 2.24. The maximum atomic E-state index is 13.1. The summed E-state index contributed by atoms with van der Waals surface area (Å²) in [5.41, 5.74) is 6.49. The van der Waals surface area contributed by atoms with E-state index in [2.05, 4.69) is 72.0 Å². The second-order valence-electron chi connectivity index (χ2n) is 7.89. The summed E-state index contributed by atoms with van der Waals surface area (Å²) in [6, 6.07) is 26.5. The topological polar surface area (TPSA) is 37.6 Å². The first-order valence-electron chi connectivity index (χ1n) is 10.4. The van der Waals surface area contributed by atoms with Crippen LogP contribution in [0.3, 0.4) is 0 Å². The predicted octanol–water partition coefficient (Wildman–Crippen LogP) is 6.05. The third-order valence-corrected chi connectivity index (χ3v) is 5.82. The van der Waals surface area contributed by atoms with Crippen LogP contribution in [0.2, 0.25) is 0 Å². The standard InChI is InChI=1S/C27H23N3O/c1-18-15-23(17-26-19(2)28-30(27(26)31)24-11-5-4-6-12-24)20(3)29(18)25-14-13-21-9-7-8-10-22(21)16-25/h4-17H,1-3H3/b26-17+. The lowest BCUT2D eigenvalue weighted by Crippen LogP contribution is -2.21. The quantitative estimate of drug-likeness (QED) is 0.382. The highest BCUT2D eigenvalue weighted by molar-refractivity contribution is 6.32. The number of carbonyl (C=O) groups is 1. The molecular formula is C27H23N3O. The van der Waals surface area contributed by atoms with E-state index in [9.17, 15) is 4.79 Å². The molecule has 0 atom stereocenters. The van der Waals surface area contributed by atoms with E-state index in [1.807, 2.05) is 43.3 Å². The van der Waals surface area contributed by atoms with Gasteiger partial charge in [0.05, 0.1) is 17.0 Å². The molecule has 1 aromatic heterocycles. The highest BCUT2D eigenvalue weighted by Crippen LogP contribution is 2.28. The summed E-state index contributed by atoms with van der Waals surface area (Å²) in [6.07, 6.45) is 1.96. The summed E-state index contributed by atoms with van der Waals surface area (Å²) in [6.45, 7) is 6.07. The highest BCUT2D eigenvalue weighted by atomic mass is 16.2. The van der Waals surface area contributed by atoms with E-state index in [0.29, 0.717) is 5.57 Å². The van der Waals surface area contributed by atoms with Gasteiger partial charge >= 0.3 is 0 Å². The number of nitrogens with zero attached hydrogens (tertiary/aromatic N) is 3. The van der Waals surface area contributed by atoms with Gasteiger partial charge in [0.15, 0.2) is 0 Å². The Kier molecular flexibility index (Phi) is 4.55. The number of carbonyl (C=O) groups excluding carboxylic acids is 1. The molecule has 1 aliphatic rings. The Bertz CT molecular complexity index is 1380. The number of hydrogen-bond donors (Lipinski definition) is 0. The van der Waals surface area contributed by atoms with Crippen LogP contribution in [0, 0.1) is 13.8 Å². The van der Waals surface area contributed by atoms with Gasteiger partial charge in [0, 0.05) is 17.1 Å². The molecule has 0 fully saturated rings. The molecule has 3 aromatic carbocycles. The minimum Gasteiger partial charge on any atom is -0.318 e. The van der Waals surface area contributed by atoms with Crippen LogP contribution in [-0.2, 0) is 4.79 Å². The smallest absolute Gasteiger partial charge is 0.280 e. The number of aromatic nitrogens is 1. The van der Waals surface area contributed by atoms with E-state index < -0.39 is 0 Å². The van der Waals surface area contributed by atoms with Gasteiger partial charge < -0.3 is 4.57 Å². The number of fused-ring (bicyclic) bond motifs is 1. The molecule has 0 saturated heterocycles. The molecule has 0 unspecified atom stereocenters. The minimum absolute atomic E-state index is 0.0980. The van der Waals surface area contributed by atoms with Crippen molar-refractivity contribution in [2.24, 2.45) is 5.10 Å². The minimum atomic E-state index is -0.0980. The van der Waals surface area contributed by atoms with Crippen molar-refractivity contribution in [3.05, 3.63) is 101 Å². The number of benzene rings is 3. The lowest BCUT2D eigenvalue weighted by molar-refractivity contribution is -0.114. The number of hydrazone groups is 1. The van der Waals surface area contributed by atoms with E-state index in [-0.39, 0.29) is 5.91 Å². The first kappa shape index (κ1) is 19.1. The SMILES string of the molecule is CC1=NN(c2ccccc2)C(=O)/C1=C/c1cc(C)n(-c2ccc3ccccc3c2)c1C. The van der Waals surface area contributed by atoms with Crippen molar-refractivity contribution in [2.75, 3.05) is 5.01 Å². The second-order valence-corrected chi connectivity index (χ2v) is 7.89. The summed E-state index contributed by atoms with van der Waals surface area (Å²) in [5, 5.41) is 8.40. The Morgan fingerprint density at radius 1 is 0.774 bits per heavy atom. The van der Waals surface area contributed by atoms with Gasteiger partial charge in [0.1, 0.15) is 0 Å². The van der Waals surface area contributed by atoms with E-state index in [4.69, 9.17) is 0 Å². The van der Waals surface area contributed by atoms with Crippen LogP contribution in [0.5, 0.6) is 0 Å².